The van der Waals surface area contributed by atoms with Crippen LogP contribution in [0, 0.1) is 0 Å². The number of amides is 2. The van der Waals surface area contributed by atoms with Crippen molar-refractivity contribution in [3.63, 3.8) is 0 Å². The van der Waals surface area contributed by atoms with Gasteiger partial charge in [-0.1, -0.05) is 18.2 Å². The molecule has 2 aromatic rings. The summed E-state index contributed by atoms with van der Waals surface area (Å²) >= 11 is 0. The van der Waals surface area contributed by atoms with Crippen LogP contribution < -0.4 is 20.1 Å². The van der Waals surface area contributed by atoms with Crippen molar-refractivity contribution in [2.45, 2.75) is 13.0 Å². The molecule has 2 amide bonds. The quantitative estimate of drug-likeness (QED) is 0.794. The number of hydrogen-bond acceptors (Lipinski definition) is 5. The van der Waals surface area contributed by atoms with Crippen molar-refractivity contribution in [1.82, 2.24) is 5.32 Å². The summed E-state index contributed by atoms with van der Waals surface area (Å²) in [6.45, 7) is 1.76. The summed E-state index contributed by atoms with van der Waals surface area (Å²) in [7, 11) is 2.88. The van der Waals surface area contributed by atoms with Crippen molar-refractivity contribution in [3.05, 3.63) is 54.1 Å². The zero-order valence-corrected chi connectivity index (χ0v) is 14.9. The summed E-state index contributed by atoms with van der Waals surface area (Å²) in [6.07, 6.45) is -0.552. The zero-order valence-electron chi connectivity index (χ0n) is 14.9. The van der Waals surface area contributed by atoms with Crippen LogP contribution in [0.5, 0.6) is 11.5 Å². The van der Waals surface area contributed by atoms with Gasteiger partial charge >= 0.3 is 6.09 Å². The third-order valence-electron chi connectivity index (χ3n) is 3.64. The van der Waals surface area contributed by atoms with Crippen LogP contribution in [0.1, 0.15) is 18.5 Å². The van der Waals surface area contributed by atoms with Gasteiger partial charge in [0.25, 0.3) is 5.91 Å². The molecular weight excluding hydrogens is 336 g/mol. The van der Waals surface area contributed by atoms with Crippen LogP contribution in [0.15, 0.2) is 48.5 Å². The first-order chi connectivity index (χ1) is 12.5. The predicted octanol–water partition coefficient (Wildman–Crippen LogP) is 3.13. The highest BCUT2D eigenvalue weighted by Crippen LogP contribution is 2.24. The number of rotatable bonds is 7. The Hall–Kier alpha value is -3.22. The molecule has 1 atom stereocenters. The number of ether oxygens (including phenoxy) is 3. The molecule has 0 fully saturated rings. The molecule has 7 nitrogen and oxygen atoms in total. The van der Waals surface area contributed by atoms with Gasteiger partial charge in [-0.2, -0.15) is 0 Å². The molecule has 26 heavy (non-hydrogen) atoms. The van der Waals surface area contributed by atoms with E-state index >= 15 is 0 Å². The lowest BCUT2D eigenvalue weighted by atomic mass is 10.1. The Bertz CT molecular complexity index is 746. The molecular formula is C19H22N2O5. The molecule has 0 aromatic heterocycles. The first-order valence-electron chi connectivity index (χ1n) is 8.03. The second-order valence-electron chi connectivity index (χ2n) is 5.46. The molecule has 0 aliphatic heterocycles. The summed E-state index contributed by atoms with van der Waals surface area (Å²) in [5.74, 6) is 0.982. The van der Waals surface area contributed by atoms with Gasteiger partial charge in [-0.25, -0.2) is 4.79 Å². The minimum absolute atomic E-state index is 0.122. The molecule has 0 radical (unpaired) electrons. The third kappa shape index (κ3) is 5.41. The van der Waals surface area contributed by atoms with Gasteiger partial charge in [0.2, 0.25) is 0 Å². The van der Waals surface area contributed by atoms with E-state index in [0.717, 1.165) is 11.3 Å². The third-order valence-corrected chi connectivity index (χ3v) is 3.64. The van der Waals surface area contributed by atoms with E-state index in [9.17, 15) is 9.59 Å². The molecule has 1 unspecified atom stereocenters. The largest absolute Gasteiger partial charge is 0.496 e. The Morgan fingerprint density at radius 2 is 1.73 bits per heavy atom. The van der Waals surface area contributed by atoms with Crippen LogP contribution in [0.4, 0.5) is 10.5 Å². The number of nitrogens with one attached hydrogen (secondary N) is 2. The molecule has 0 aliphatic rings. The highest BCUT2D eigenvalue weighted by molar-refractivity contribution is 5.84. The number of methoxy groups -OCH3 is 2. The lowest BCUT2D eigenvalue weighted by Crippen LogP contribution is -2.31. The topological polar surface area (TPSA) is 85.9 Å². The Balaban J connectivity index is 1.85. The van der Waals surface area contributed by atoms with Crippen molar-refractivity contribution in [2.24, 2.45) is 0 Å². The summed E-state index contributed by atoms with van der Waals surface area (Å²) in [4.78, 5) is 23.2. The van der Waals surface area contributed by atoms with E-state index in [1.807, 2.05) is 31.2 Å². The second-order valence-corrected chi connectivity index (χ2v) is 5.46. The van der Waals surface area contributed by atoms with E-state index in [4.69, 9.17) is 9.47 Å². The highest BCUT2D eigenvalue weighted by Gasteiger charge is 2.14. The standard InChI is InChI=1S/C19H22N2O5/c1-13(16-6-4-5-7-17(16)24-2)20-18(22)12-26-15-10-8-14(9-11-15)21-19(23)25-3/h4-11,13H,12H2,1-3H3,(H,20,22)(H,21,23). The SMILES string of the molecule is COC(=O)Nc1ccc(OCC(=O)NC(C)c2ccccc2OC)cc1. The maximum atomic E-state index is 12.1. The van der Waals surface area contributed by atoms with E-state index in [-0.39, 0.29) is 18.6 Å². The number of carbonyl (C=O) groups excluding carboxylic acids is 2. The molecule has 0 saturated carbocycles. The maximum Gasteiger partial charge on any atom is 0.411 e. The Kier molecular flexibility index (Phi) is 6.84. The molecule has 138 valence electrons. The van der Waals surface area contributed by atoms with Crippen LogP contribution in [0.3, 0.4) is 0 Å². The van der Waals surface area contributed by atoms with E-state index in [1.54, 1.807) is 31.4 Å². The van der Waals surface area contributed by atoms with Gasteiger partial charge in [0.15, 0.2) is 6.61 Å². The first kappa shape index (κ1) is 19.1. The highest BCUT2D eigenvalue weighted by atomic mass is 16.5. The summed E-state index contributed by atoms with van der Waals surface area (Å²) < 4.78 is 15.3. The Labute approximate surface area is 152 Å². The minimum atomic E-state index is -0.552. The van der Waals surface area contributed by atoms with Crippen LogP contribution in [-0.2, 0) is 9.53 Å². The second kappa shape index (κ2) is 9.31. The molecule has 7 heteroatoms. The van der Waals surface area contributed by atoms with Crippen molar-refractivity contribution >= 4 is 17.7 Å². The van der Waals surface area contributed by atoms with Crippen molar-refractivity contribution in [1.29, 1.82) is 0 Å². The normalized spacial score (nSPS) is 11.2. The predicted molar refractivity (Wildman–Crippen MR) is 97.5 cm³/mol. The van der Waals surface area contributed by atoms with E-state index in [1.165, 1.54) is 7.11 Å². The van der Waals surface area contributed by atoms with E-state index in [2.05, 4.69) is 15.4 Å². The fraction of sp³-hybridized carbons (Fsp3) is 0.263. The van der Waals surface area contributed by atoms with Crippen molar-refractivity contribution in [3.8, 4) is 11.5 Å². The van der Waals surface area contributed by atoms with Gasteiger partial charge in [-0.3, -0.25) is 10.1 Å². The van der Waals surface area contributed by atoms with Crippen LogP contribution in [0.25, 0.3) is 0 Å². The molecule has 0 saturated heterocycles. The zero-order chi connectivity index (χ0) is 18.9. The van der Waals surface area contributed by atoms with E-state index < -0.39 is 6.09 Å². The van der Waals surface area contributed by atoms with Crippen LogP contribution in [0.2, 0.25) is 0 Å². The first-order valence-corrected chi connectivity index (χ1v) is 8.03. The number of benzene rings is 2. The smallest absolute Gasteiger partial charge is 0.411 e. The molecule has 0 heterocycles. The summed E-state index contributed by atoms with van der Waals surface area (Å²) in [5.41, 5.74) is 1.46. The van der Waals surface area contributed by atoms with Gasteiger partial charge in [-0.05, 0) is 37.3 Å². The Morgan fingerprint density at radius 3 is 2.38 bits per heavy atom. The Morgan fingerprint density at radius 1 is 1.04 bits per heavy atom. The maximum absolute atomic E-state index is 12.1. The van der Waals surface area contributed by atoms with Crippen molar-refractivity contribution < 1.29 is 23.8 Å². The molecule has 0 spiro atoms. The number of anilines is 1. The molecule has 0 aliphatic carbocycles. The minimum Gasteiger partial charge on any atom is -0.496 e. The molecule has 2 aromatic carbocycles. The molecule has 2 rings (SSSR count). The summed E-state index contributed by atoms with van der Waals surface area (Å²) in [5, 5.41) is 5.40. The summed E-state index contributed by atoms with van der Waals surface area (Å²) in [6, 6.07) is 13.9. The fourth-order valence-corrected chi connectivity index (χ4v) is 2.34. The number of para-hydroxylation sites is 1. The van der Waals surface area contributed by atoms with Crippen LogP contribution in [-0.4, -0.2) is 32.8 Å². The van der Waals surface area contributed by atoms with Gasteiger partial charge in [0.1, 0.15) is 11.5 Å². The van der Waals surface area contributed by atoms with Crippen LogP contribution >= 0.6 is 0 Å². The average Bonchev–Trinajstić information content (AvgIpc) is 2.67. The van der Waals surface area contributed by atoms with E-state index in [0.29, 0.717) is 11.4 Å². The van der Waals surface area contributed by atoms with Gasteiger partial charge < -0.3 is 19.5 Å². The number of hydrogen-bond donors (Lipinski definition) is 2. The van der Waals surface area contributed by atoms with Gasteiger partial charge in [0, 0.05) is 11.3 Å². The molecule has 0 bridgehead atoms. The number of carbonyl (C=O) groups is 2. The average molecular weight is 358 g/mol. The molecule has 2 N–H and O–H groups in total. The fourth-order valence-electron chi connectivity index (χ4n) is 2.34. The van der Waals surface area contributed by atoms with Gasteiger partial charge in [0.05, 0.1) is 20.3 Å². The lowest BCUT2D eigenvalue weighted by Gasteiger charge is -2.17. The van der Waals surface area contributed by atoms with Gasteiger partial charge in [-0.15, -0.1) is 0 Å². The lowest BCUT2D eigenvalue weighted by molar-refractivity contribution is -0.123. The monoisotopic (exact) mass is 358 g/mol. The van der Waals surface area contributed by atoms with Crippen molar-refractivity contribution in [2.75, 3.05) is 26.1 Å².